The zero-order valence-corrected chi connectivity index (χ0v) is 18.2. The third kappa shape index (κ3) is 8.44. The minimum atomic E-state index is -2.91. The van der Waals surface area contributed by atoms with Gasteiger partial charge < -0.3 is 15.4 Å². The molecule has 0 unspecified atom stereocenters. The fourth-order valence-corrected chi connectivity index (χ4v) is 2.39. The highest BCUT2D eigenvalue weighted by molar-refractivity contribution is 14.0. The molecule has 27 heavy (non-hydrogen) atoms. The van der Waals surface area contributed by atoms with Gasteiger partial charge in [0.25, 0.3) is 0 Å². The molecule has 2 rings (SSSR count). The zero-order valence-electron chi connectivity index (χ0n) is 14.4. The number of pyridine rings is 1. The Labute approximate surface area is 183 Å². The van der Waals surface area contributed by atoms with Crippen molar-refractivity contribution in [2.45, 2.75) is 26.6 Å². The van der Waals surface area contributed by atoms with E-state index in [4.69, 9.17) is 23.2 Å². The topological polar surface area (TPSA) is 58.5 Å². The van der Waals surface area contributed by atoms with Gasteiger partial charge in [-0.25, -0.2) is 9.98 Å². The van der Waals surface area contributed by atoms with Crippen LogP contribution in [0.1, 0.15) is 18.1 Å². The Morgan fingerprint density at radius 2 is 2.00 bits per heavy atom. The van der Waals surface area contributed by atoms with E-state index in [0.29, 0.717) is 34.8 Å². The highest BCUT2D eigenvalue weighted by atomic mass is 127. The number of benzene rings is 1. The van der Waals surface area contributed by atoms with Gasteiger partial charge in [0.1, 0.15) is 10.9 Å². The molecule has 0 aliphatic rings. The predicted octanol–water partition coefficient (Wildman–Crippen LogP) is 4.86. The van der Waals surface area contributed by atoms with E-state index in [9.17, 15) is 8.78 Å². The maximum atomic E-state index is 12.5. The number of ether oxygens (including phenoxy) is 1. The Balaban J connectivity index is 0.00000364. The number of guanidine groups is 1. The minimum Gasteiger partial charge on any atom is -0.434 e. The summed E-state index contributed by atoms with van der Waals surface area (Å²) >= 11 is 11.7. The highest BCUT2D eigenvalue weighted by Crippen LogP contribution is 2.24. The molecule has 0 fully saturated rings. The number of nitrogens with one attached hydrogen (secondary N) is 2. The van der Waals surface area contributed by atoms with E-state index in [2.05, 4.69) is 25.3 Å². The van der Waals surface area contributed by atoms with Gasteiger partial charge in [-0.3, -0.25) is 0 Å². The van der Waals surface area contributed by atoms with Crippen LogP contribution in [0.25, 0.3) is 0 Å². The molecule has 0 atom stereocenters. The van der Waals surface area contributed by atoms with Crippen LogP contribution in [-0.2, 0) is 13.1 Å². The molecule has 2 aromatic rings. The lowest BCUT2D eigenvalue weighted by Crippen LogP contribution is -2.36. The summed E-state index contributed by atoms with van der Waals surface area (Å²) in [6, 6.07) is 7.99. The summed E-state index contributed by atoms with van der Waals surface area (Å²) in [5.74, 6) is 0.583. The van der Waals surface area contributed by atoms with Crippen LogP contribution in [0.3, 0.4) is 0 Å². The van der Waals surface area contributed by atoms with Crippen LogP contribution in [-0.4, -0.2) is 24.1 Å². The Bertz CT molecular complexity index is 748. The van der Waals surface area contributed by atoms with Crippen LogP contribution >= 0.6 is 47.2 Å². The normalized spacial score (nSPS) is 11.1. The van der Waals surface area contributed by atoms with Crippen molar-refractivity contribution in [3.8, 4) is 5.75 Å². The summed E-state index contributed by atoms with van der Waals surface area (Å²) in [7, 11) is 0. The summed E-state index contributed by atoms with van der Waals surface area (Å²) in [4.78, 5) is 8.43. The van der Waals surface area contributed by atoms with Crippen molar-refractivity contribution in [1.82, 2.24) is 15.6 Å². The average Bonchev–Trinajstić information content (AvgIpc) is 2.60. The van der Waals surface area contributed by atoms with Crippen molar-refractivity contribution in [2.24, 2.45) is 4.99 Å². The lowest BCUT2D eigenvalue weighted by molar-refractivity contribution is -0.0504. The third-order valence-corrected chi connectivity index (χ3v) is 3.70. The molecule has 2 N–H and O–H groups in total. The van der Waals surface area contributed by atoms with E-state index >= 15 is 0 Å². The summed E-state index contributed by atoms with van der Waals surface area (Å²) in [5, 5.41) is 6.99. The van der Waals surface area contributed by atoms with Crippen LogP contribution in [0.5, 0.6) is 5.75 Å². The molecule has 1 heterocycles. The summed E-state index contributed by atoms with van der Waals surface area (Å²) in [6.07, 6.45) is 1.64. The first kappa shape index (κ1) is 23.6. The lowest BCUT2D eigenvalue weighted by Gasteiger charge is -2.14. The number of hydrogen-bond acceptors (Lipinski definition) is 3. The van der Waals surface area contributed by atoms with Crippen LogP contribution < -0.4 is 15.4 Å². The van der Waals surface area contributed by atoms with Gasteiger partial charge >= 0.3 is 6.61 Å². The van der Waals surface area contributed by atoms with Crippen molar-refractivity contribution in [2.75, 3.05) is 6.54 Å². The van der Waals surface area contributed by atoms with E-state index in [1.807, 2.05) is 13.0 Å². The van der Waals surface area contributed by atoms with Crippen molar-refractivity contribution in [3.63, 3.8) is 0 Å². The van der Waals surface area contributed by atoms with Crippen LogP contribution in [0, 0.1) is 0 Å². The molecule has 10 heteroatoms. The maximum absolute atomic E-state index is 12.5. The molecule has 0 spiro atoms. The molecular weight excluding hydrogens is 512 g/mol. The number of nitrogens with zero attached hydrogens (tertiary/aromatic N) is 2. The van der Waals surface area contributed by atoms with Gasteiger partial charge in [0.2, 0.25) is 0 Å². The Kier molecular flexibility index (Phi) is 10.6. The van der Waals surface area contributed by atoms with Crippen LogP contribution in [0.15, 0.2) is 41.5 Å². The number of aromatic nitrogens is 1. The van der Waals surface area contributed by atoms with Gasteiger partial charge in [0.05, 0.1) is 6.54 Å². The average molecular weight is 531 g/mol. The van der Waals surface area contributed by atoms with E-state index < -0.39 is 6.61 Å². The van der Waals surface area contributed by atoms with Crippen molar-refractivity contribution in [3.05, 3.63) is 57.8 Å². The van der Waals surface area contributed by atoms with Crippen LogP contribution in [0.4, 0.5) is 8.78 Å². The second kappa shape index (κ2) is 12.1. The van der Waals surface area contributed by atoms with Gasteiger partial charge in [-0.2, -0.15) is 8.78 Å². The molecule has 0 amide bonds. The molecule has 0 saturated heterocycles. The second-order valence-corrected chi connectivity index (χ2v) is 5.99. The molecule has 0 saturated carbocycles. The van der Waals surface area contributed by atoms with E-state index in [1.54, 1.807) is 18.3 Å². The molecule has 0 aliphatic heterocycles. The highest BCUT2D eigenvalue weighted by Gasteiger charge is 2.11. The van der Waals surface area contributed by atoms with Gasteiger partial charge in [0, 0.05) is 29.9 Å². The molecule has 1 aromatic carbocycles. The van der Waals surface area contributed by atoms with E-state index in [-0.39, 0.29) is 36.3 Å². The zero-order chi connectivity index (χ0) is 18.9. The fourth-order valence-electron chi connectivity index (χ4n) is 2.09. The Morgan fingerprint density at radius 3 is 2.63 bits per heavy atom. The molecular formula is C17H19Cl2F2IN4O. The first-order valence-electron chi connectivity index (χ1n) is 7.83. The molecule has 1 aromatic heterocycles. The van der Waals surface area contributed by atoms with Crippen LogP contribution in [0.2, 0.25) is 10.2 Å². The monoisotopic (exact) mass is 530 g/mol. The summed E-state index contributed by atoms with van der Waals surface area (Å²) < 4.78 is 29.6. The number of alkyl halides is 2. The van der Waals surface area contributed by atoms with Crippen molar-refractivity contribution < 1.29 is 13.5 Å². The summed E-state index contributed by atoms with van der Waals surface area (Å²) in [6.45, 7) is 0.254. The fraction of sp³-hybridized carbons (Fsp3) is 0.294. The first-order chi connectivity index (χ1) is 12.5. The predicted molar refractivity (Wildman–Crippen MR) is 114 cm³/mol. The minimum absolute atomic E-state index is 0. The van der Waals surface area contributed by atoms with Gasteiger partial charge in [-0.1, -0.05) is 29.3 Å². The molecule has 0 radical (unpaired) electrons. The van der Waals surface area contributed by atoms with Gasteiger partial charge in [0.15, 0.2) is 5.96 Å². The van der Waals surface area contributed by atoms with E-state index in [0.717, 1.165) is 5.56 Å². The van der Waals surface area contributed by atoms with Crippen molar-refractivity contribution >= 4 is 53.1 Å². The lowest BCUT2D eigenvalue weighted by atomic mass is 10.2. The quantitative estimate of drug-likeness (QED) is 0.232. The van der Waals surface area contributed by atoms with Gasteiger partial charge in [-0.05, 0) is 36.8 Å². The number of rotatable bonds is 7. The third-order valence-electron chi connectivity index (χ3n) is 3.24. The SMILES string of the molecule is CCNC(=NCc1ccc(Cl)nc1)NCc1cc(Cl)ccc1OC(F)F.I. The second-order valence-electron chi connectivity index (χ2n) is 5.17. The smallest absolute Gasteiger partial charge is 0.387 e. The first-order valence-corrected chi connectivity index (χ1v) is 8.59. The maximum Gasteiger partial charge on any atom is 0.387 e. The molecule has 148 valence electrons. The van der Waals surface area contributed by atoms with Gasteiger partial charge in [-0.15, -0.1) is 24.0 Å². The molecule has 0 bridgehead atoms. The van der Waals surface area contributed by atoms with E-state index in [1.165, 1.54) is 12.1 Å². The van der Waals surface area contributed by atoms with Crippen molar-refractivity contribution in [1.29, 1.82) is 0 Å². The number of halogens is 5. The largest absolute Gasteiger partial charge is 0.434 e. The molecule has 0 aliphatic carbocycles. The number of hydrogen-bond donors (Lipinski definition) is 2. The Morgan fingerprint density at radius 1 is 1.22 bits per heavy atom. The summed E-state index contributed by atoms with van der Waals surface area (Å²) in [5.41, 5.74) is 1.38. The standard InChI is InChI=1S/C17H18Cl2F2N4O.HI/c1-2-22-17(24-9-11-3-6-15(19)23-8-11)25-10-12-7-13(18)4-5-14(12)26-16(20)21;/h3-8,16H,2,9-10H2,1H3,(H2,22,24,25);1H. The Hall–Kier alpha value is -1.39. The molecule has 5 nitrogen and oxygen atoms in total. The number of aliphatic imine (C=N–C) groups is 1.